The highest BCUT2D eigenvalue weighted by Gasteiger charge is 2.47. The van der Waals surface area contributed by atoms with E-state index in [0.29, 0.717) is 34.6 Å². The fourth-order valence-corrected chi connectivity index (χ4v) is 6.11. The molecule has 0 spiro atoms. The number of ketones is 1. The SMILES string of the molecule is O=C(N[C@H]1C[N+]2(CC(=O)c3cccs3)CCC1CC2)OC(c1cccc(F)c1)c1cccc(F)c1.[Cl-]. The van der Waals surface area contributed by atoms with Crippen molar-refractivity contribution >= 4 is 23.2 Å². The van der Waals surface area contributed by atoms with Crippen LogP contribution in [0.15, 0.2) is 66.0 Å². The summed E-state index contributed by atoms with van der Waals surface area (Å²) in [5.41, 5.74) is 0.842. The number of carbonyl (C=O) groups is 2. The summed E-state index contributed by atoms with van der Waals surface area (Å²) in [5.74, 6) is -0.473. The van der Waals surface area contributed by atoms with Crippen molar-refractivity contribution in [2.24, 2.45) is 5.92 Å². The molecule has 5 nitrogen and oxygen atoms in total. The summed E-state index contributed by atoms with van der Waals surface area (Å²) in [4.78, 5) is 26.6. The number of rotatable bonds is 7. The first-order chi connectivity index (χ1) is 16.9. The van der Waals surface area contributed by atoms with Gasteiger partial charge in [0.15, 0.2) is 6.10 Å². The quantitative estimate of drug-likeness (QED) is 0.375. The van der Waals surface area contributed by atoms with Gasteiger partial charge in [-0.2, -0.15) is 0 Å². The number of hydrogen-bond donors (Lipinski definition) is 1. The molecule has 9 heteroatoms. The second kappa shape index (κ2) is 11.1. The number of Topliss-reactive ketones (excluding diaryl/α,β-unsaturated/α-hetero) is 1. The van der Waals surface area contributed by atoms with Crippen molar-refractivity contribution in [1.29, 1.82) is 0 Å². The average molecular weight is 533 g/mol. The monoisotopic (exact) mass is 532 g/mol. The summed E-state index contributed by atoms with van der Waals surface area (Å²) in [5, 5.41) is 4.92. The maximum absolute atomic E-state index is 13.9. The highest BCUT2D eigenvalue weighted by molar-refractivity contribution is 7.12. The molecule has 0 aliphatic carbocycles. The summed E-state index contributed by atoms with van der Waals surface area (Å²) in [6.07, 6.45) is 0.274. The molecule has 3 aromatic rings. The summed E-state index contributed by atoms with van der Waals surface area (Å²) in [6.45, 7) is 2.94. The molecule has 2 bridgehead atoms. The van der Waals surface area contributed by atoms with Gasteiger partial charge in [-0.1, -0.05) is 30.3 Å². The molecule has 6 rings (SSSR count). The van der Waals surface area contributed by atoms with Gasteiger partial charge in [-0.15, -0.1) is 11.3 Å². The lowest BCUT2D eigenvalue weighted by Gasteiger charge is -2.52. The number of thiophene rings is 1. The van der Waals surface area contributed by atoms with Crippen LogP contribution in [0.25, 0.3) is 0 Å². The molecule has 190 valence electrons. The number of alkyl carbamates (subject to hydrolysis) is 1. The van der Waals surface area contributed by atoms with Crippen molar-refractivity contribution in [3.63, 3.8) is 0 Å². The third-order valence-corrected chi connectivity index (χ3v) is 8.12. The van der Waals surface area contributed by atoms with Crippen molar-refractivity contribution in [2.45, 2.75) is 25.0 Å². The Morgan fingerprint density at radius 2 is 1.64 bits per heavy atom. The molecule has 36 heavy (non-hydrogen) atoms. The Hall–Kier alpha value is -2.81. The molecule has 2 aromatic carbocycles. The zero-order valence-electron chi connectivity index (χ0n) is 19.5. The molecule has 1 N–H and O–H groups in total. The summed E-state index contributed by atoms with van der Waals surface area (Å²) in [7, 11) is 0. The van der Waals surface area contributed by atoms with Crippen molar-refractivity contribution in [3.05, 3.63) is 93.7 Å². The summed E-state index contributed by atoms with van der Waals surface area (Å²) < 4.78 is 34.3. The number of fused-ring (bicyclic) bond motifs is 3. The maximum atomic E-state index is 13.9. The predicted molar refractivity (Wildman–Crippen MR) is 129 cm³/mol. The Bertz CT molecular complexity index is 1170. The molecule has 3 saturated heterocycles. The fraction of sp³-hybridized carbons (Fsp3) is 0.333. The van der Waals surface area contributed by atoms with E-state index in [4.69, 9.17) is 4.74 Å². The van der Waals surface area contributed by atoms with Gasteiger partial charge < -0.3 is 26.9 Å². The predicted octanol–water partition coefficient (Wildman–Crippen LogP) is 2.34. The van der Waals surface area contributed by atoms with Gasteiger partial charge in [0.2, 0.25) is 5.78 Å². The van der Waals surface area contributed by atoms with Gasteiger partial charge in [-0.05, 0) is 52.8 Å². The van der Waals surface area contributed by atoms with E-state index in [1.807, 2.05) is 17.5 Å². The van der Waals surface area contributed by atoms with Crippen LogP contribution in [-0.4, -0.2) is 48.6 Å². The molecule has 3 aliphatic rings. The van der Waals surface area contributed by atoms with E-state index in [0.717, 1.165) is 30.8 Å². The third-order valence-electron chi connectivity index (χ3n) is 7.21. The van der Waals surface area contributed by atoms with Crippen molar-refractivity contribution in [3.8, 4) is 0 Å². The van der Waals surface area contributed by atoms with Gasteiger partial charge in [0.25, 0.3) is 0 Å². The van der Waals surface area contributed by atoms with Gasteiger partial charge in [-0.25, -0.2) is 13.6 Å². The third kappa shape index (κ3) is 5.77. The lowest BCUT2D eigenvalue weighted by molar-refractivity contribution is -0.936. The van der Waals surface area contributed by atoms with Crippen LogP contribution in [0.2, 0.25) is 0 Å². The number of nitrogens with zero attached hydrogens (tertiary/aromatic N) is 1. The van der Waals surface area contributed by atoms with Gasteiger partial charge in [-0.3, -0.25) is 4.79 Å². The van der Waals surface area contributed by atoms with E-state index in [9.17, 15) is 18.4 Å². The van der Waals surface area contributed by atoms with Crippen LogP contribution >= 0.6 is 11.3 Å². The second-order valence-corrected chi connectivity index (χ2v) is 10.5. The van der Waals surface area contributed by atoms with E-state index < -0.39 is 23.8 Å². The number of benzene rings is 2. The Balaban J connectivity index is 0.00000304. The van der Waals surface area contributed by atoms with Crippen LogP contribution in [0, 0.1) is 17.6 Å². The normalized spacial score (nSPS) is 22.6. The number of piperidine rings is 3. The molecule has 1 amide bonds. The number of nitrogens with one attached hydrogen (secondary N) is 1. The first-order valence-corrected chi connectivity index (χ1v) is 12.7. The first kappa shape index (κ1) is 26.3. The molecule has 1 aromatic heterocycles. The summed E-state index contributed by atoms with van der Waals surface area (Å²) in [6, 6.07) is 15.2. The highest BCUT2D eigenvalue weighted by atomic mass is 35.5. The summed E-state index contributed by atoms with van der Waals surface area (Å²) >= 11 is 1.45. The minimum absolute atomic E-state index is 0. The molecule has 4 heterocycles. The van der Waals surface area contributed by atoms with Crippen LogP contribution in [0.4, 0.5) is 13.6 Å². The molecular weight excluding hydrogens is 506 g/mol. The fourth-order valence-electron chi connectivity index (χ4n) is 5.45. The lowest BCUT2D eigenvalue weighted by Crippen LogP contribution is -3.00. The van der Waals surface area contributed by atoms with Crippen molar-refractivity contribution in [1.82, 2.24) is 5.32 Å². The van der Waals surface area contributed by atoms with Crippen molar-refractivity contribution in [2.75, 3.05) is 26.2 Å². The standard InChI is InChI=1S/C27H26F2N2O3S.ClH/c28-21-6-1-4-19(14-21)26(20-5-2-7-22(29)15-20)34-27(33)30-23-16-31(11-9-18(23)10-12-31)17-24(32)25-8-3-13-35-25;/h1-8,13-15,18,23,26H,9-12,16-17H2;1H/t18?,23-,31?;/m0./s1. The van der Waals surface area contributed by atoms with Gasteiger partial charge in [0.05, 0.1) is 30.6 Å². The van der Waals surface area contributed by atoms with Crippen LogP contribution < -0.4 is 17.7 Å². The topological polar surface area (TPSA) is 55.4 Å². The molecular formula is C27H27ClF2N2O3S. The minimum Gasteiger partial charge on any atom is -1.00 e. The van der Waals surface area contributed by atoms with E-state index in [-0.39, 0.29) is 24.2 Å². The number of quaternary nitrogens is 1. The second-order valence-electron chi connectivity index (χ2n) is 9.51. The molecule has 1 atom stereocenters. The van der Waals surface area contributed by atoms with Crippen molar-refractivity contribution < 1.29 is 40.0 Å². The van der Waals surface area contributed by atoms with Gasteiger partial charge in [0, 0.05) is 12.8 Å². The number of ether oxygens (including phenoxy) is 1. The first-order valence-electron chi connectivity index (χ1n) is 11.8. The molecule has 0 saturated carbocycles. The van der Waals surface area contributed by atoms with E-state index in [2.05, 4.69) is 5.32 Å². The Morgan fingerprint density at radius 3 is 2.19 bits per heavy atom. The van der Waals surface area contributed by atoms with Crippen LogP contribution in [0.1, 0.15) is 39.7 Å². The minimum atomic E-state index is -0.953. The van der Waals surface area contributed by atoms with Crippen LogP contribution in [0.3, 0.4) is 0 Å². The number of halogens is 3. The Labute approximate surface area is 219 Å². The van der Waals surface area contributed by atoms with E-state index in [1.54, 1.807) is 12.1 Å². The number of amides is 1. The zero-order valence-corrected chi connectivity index (χ0v) is 21.1. The molecule has 0 radical (unpaired) electrons. The molecule has 3 aliphatic heterocycles. The number of hydrogen-bond acceptors (Lipinski definition) is 4. The Kier molecular flexibility index (Phi) is 8.07. The van der Waals surface area contributed by atoms with Gasteiger partial charge in [0.1, 0.15) is 18.2 Å². The lowest BCUT2D eigenvalue weighted by atomic mass is 9.81. The zero-order chi connectivity index (χ0) is 24.4. The van der Waals surface area contributed by atoms with E-state index in [1.165, 1.54) is 47.7 Å². The largest absolute Gasteiger partial charge is 1.00 e. The van der Waals surface area contributed by atoms with Crippen LogP contribution in [0.5, 0.6) is 0 Å². The number of carbonyl (C=O) groups excluding carboxylic acids is 2. The highest BCUT2D eigenvalue weighted by Crippen LogP contribution is 2.35. The van der Waals surface area contributed by atoms with E-state index >= 15 is 0 Å². The Morgan fingerprint density at radius 1 is 1.00 bits per heavy atom. The average Bonchev–Trinajstić information content (AvgIpc) is 3.38. The molecule has 3 fully saturated rings. The van der Waals surface area contributed by atoms with Crippen LogP contribution in [-0.2, 0) is 4.74 Å². The smallest absolute Gasteiger partial charge is 0.408 e. The maximum Gasteiger partial charge on any atom is 0.408 e. The van der Waals surface area contributed by atoms with Gasteiger partial charge >= 0.3 is 6.09 Å². The molecule has 0 unspecified atom stereocenters.